The first-order valence-corrected chi connectivity index (χ1v) is 11.6. The third kappa shape index (κ3) is 4.01. The van der Waals surface area contributed by atoms with Gasteiger partial charge in [0.05, 0.1) is 5.69 Å². The molecule has 0 unspecified atom stereocenters. The second-order valence-electron chi connectivity index (χ2n) is 9.55. The number of anilines is 1. The number of aromatic nitrogens is 2. The van der Waals surface area contributed by atoms with Crippen molar-refractivity contribution in [3.05, 3.63) is 65.5 Å². The van der Waals surface area contributed by atoms with E-state index in [4.69, 9.17) is 5.73 Å². The normalized spacial score (nSPS) is 25.9. The first-order valence-electron chi connectivity index (χ1n) is 11.6. The Hall–Kier alpha value is -3.47. The van der Waals surface area contributed by atoms with Gasteiger partial charge in [0.15, 0.2) is 29.0 Å². The van der Waals surface area contributed by atoms with E-state index in [1.807, 2.05) is 0 Å². The van der Waals surface area contributed by atoms with Crippen LogP contribution in [-0.4, -0.2) is 35.1 Å². The fourth-order valence-electron chi connectivity index (χ4n) is 5.75. The molecule has 1 saturated carbocycles. The van der Waals surface area contributed by atoms with E-state index in [1.165, 1.54) is 12.1 Å². The molecular weight excluding hydrogens is 483 g/mol. The number of ether oxygens (including phenoxy) is 2. The van der Waals surface area contributed by atoms with Crippen LogP contribution in [0.15, 0.2) is 42.5 Å². The summed E-state index contributed by atoms with van der Waals surface area (Å²) in [7, 11) is 0. The summed E-state index contributed by atoms with van der Waals surface area (Å²) in [6.45, 7) is 0.669. The molecule has 1 saturated heterocycles. The van der Waals surface area contributed by atoms with Crippen molar-refractivity contribution in [2.24, 2.45) is 17.6 Å². The third-order valence-electron chi connectivity index (χ3n) is 7.24. The number of rotatable bonds is 4. The number of alkyl halides is 2. The maximum absolute atomic E-state index is 14.2. The van der Waals surface area contributed by atoms with Gasteiger partial charge in [-0.1, -0.05) is 6.07 Å². The van der Waals surface area contributed by atoms with Crippen molar-refractivity contribution in [1.82, 2.24) is 10.2 Å². The molecule has 36 heavy (non-hydrogen) atoms. The summed E-state index contributed by atoms with van der Waals surface area (Å²) in [5.74, 6) is -2.36. The number of benzene rings is 2. The van der Waals surface area contributed by atoms with Crippen LogP contribution in [-0.2, 0) is 6.42 Å². The van der Waals surface area contributed by atoms with Crippen LogP contribution in [0, 0.1) is 29.3 Å². The van der Waals surface area contributed by atoms with Crippen LogP contribution >= 0.6 is 0 Å². The lowest BCUT2D eigenvalue weighted by Gasteiger charge is -2.29. The molecule has 6 nitrogen and oxygen atoms in total. The average Bonchev–Trinajstić information content (AvgIpc) is 3.45. The average molecular weight is 504 g/mol. The quantitative estimate of drug-likeness (QED) is 0.412. The van der Waals surface area contributed by atoms with Gasteiger partial charge in [-0.2, -0.15) is 0 Å². The highest BCUT2D eigenvalue weighted by Gasteiger charge is 2.47. The topological polar surface area (TPSA) is 73.5 Å². The van der Waals surface area contributed by atoms with Crippen LogP contribution in [0.25, 0.3) is 11.3 Å². The van der Waals surface area contributed by atoms with E-state index in [9.17, 15) is 22.0 Å². The van der Waals surface area contributed by atoms with Gasteiger partial charge in [-0.15, -0.1) is 19.0 Å². The van der Waals surface area contributed by atoms with E-state index in [0.29, 0.717) is 30.8 Å². The molecule has 2 aromatic carbocycles. The lowest BCUT2D eigenvalue weighted by Crippen LogP contribution is -2.37. The molecule has 1 aliphatic carbocycles. The zero-order chi connectivity index (χ0) is 25.2. The zero-order valence-electron chi connectivity index (χ0n) is 18.8. The van der Waals surface area contributed by atoms with Crippen LogP contribution < -0.4 is 20.1 Å². The molecule has 3 heterocycles. The molecule has 6 rings (SSSR count). The van der Waals surface area contributed by atoms with Crippen molar-refractivity contribution in [2.45, 2.75) is 37.6 Å². The van der Waals surface area contributed by atoms with E-state index >= 15 is 0 Å². The predicted molar refractivity (Wildman–Crippen MR) is 119 cm³/mol. The van der Waals surface area contributed by atoms with E-state index in [-0.39, 0.29) is 40.8 Å². The van der Waals surface area contributed by atoms with Gasteiger partial charge in [-0.05, 0) is 67.0 Å². The van der Waals surface area contributed by atoms with Crippen LogP contribution in [0.3, 0.4) is 0 Å². The SMILES string of the molecule is N[C@H]1C[C@@H]2CN(c3ccc(-c4cc(F)cc(F)c4F)nn3)[C@@H](Cc3ccc4c(c3)OC(F)(F)O4)[C@H]2C1. The Labute approximate surface area is 202 Å². The molecule has 3 aromatic rings. The summed E-state index contributed by atoms with van der Waals surface area (Å²) >= 11 is 0. The Balaban J connectivity index is 1.29. The van der Waals surface area contributed by atoms with Gasteiger partial charge in [0.1, 0.15) is 5.82 Å². The van der Waals surface area contributed by atoms with Gasteiger partial charge in [0.25, 0.3) is 0 Å². The summed E-state index contributed by atoms with van der Waals surface area (Å²) in [6, 6.07) is 9.22. The third-order valence-corrected chi connectivity index (χ3v) is 7.24. The monoisotopic (exact) mass is 504 g/mol. The molecule has 4 atom stereocenters. The van der Waals surface area contributed by atoms with Gasteiger partial charge >= 0.3 is 6.29 Å². The Kier molecular flexibility index (Phi) is 5.29. The van der Waals surface area contributed by atoms with Gasteiger partial charge < -0.3 is 20.1 Å². The van der Waals surface area contributed by atoms with Crippen LogP contribution in [0.2, 0.25) is 0 Å². The molecule has 0 bridgehead atoms. The molecule has 2 aliphatic heterocycles. The minimum absolute atomic E-state index is 0.00399. The first-order chi connectivity index (χ1) is 17.2. The largest absolute Gasteiger partial charge is 0.586 e. The van der Waals surface area contributed by atoms with Crippen LogP contribution in [0.5, 0.6) is 11.5 Å². The van der Waals surface area contributed by atoms with Gasteiger partial charge in [-0.3, -0.25) is 0 Å². The molecule has 1 aromatic heterocycles. The van der Waals surface area contributed by atoms with E-state index < -0.39 is 23.7 Å². The van der Waals surface area contributed by atoms with Crippen molar-refractivity contribution >= 4 is 5.82 Å². The van der Waals surface area contributed by atoms with Crippen molar-refractivity contribution in [1.29, 1.82) is 0 Å². The molecule has 0 spiro atoms. The Morgan fingerprint density at radius 1 is 0.972 bits per heavy atom. The number of nitrogens with two attached hydrogens (primary N) is 1. The Bertz CT molecular complexity index is 1320. The number of nitrogens with zero attached hydrogens (tertiary/aromatic N) is 3. The van der Waals surface area contributed by atoms with E-state index in [2.05, 4.69) is 24.6 Å². The highest BCUT2D eigenvalue weighted by atomic mass is 19.3. The number of hydrogen-bond acceptors (Lipinski definition) is 6. The Morgan fingerprint density at radius 3 is 2.56 bits per heavy atom. The lowest BCUT2D eigenvalue weighted by molar-refractivity contribution is -0.286. The van der Waals surface area contributed by atoms with Crippen molar-refractivity contribution < 1.29 is 31.4 Å². The molecule has 0 radical (unpaired) electrons. The van der Waals surface area contributed by atoms with E-state index in [1.54, 1.807) is 18.2 Å². The fourth-order valence-corrected chi connectivity index (χ4v) is 5.75. The molecular formula is C25H21F5N4O2. The summed E-state index contributed by atoms with van der Waals surface area (Å²) in [5, 5.41) is 8.28. The highest BCUT2D eigenvalue weighted by Crippen LogP contribution is 2.46. The fraction of sp³-hybridized carbons (Fsp3) is 0.360. The first kappa shape index (κ1) is 23.0. The summed E-state index contributed by atoms with van der Waals surface area (Å²) in [6.07, 6.45) is -1.51. The summed E-state index contributed by atoms with van der Waals surface area (Å²) in [4.78, 5) is 2.08. The molecule has 0 amide bonds. The minimum Gasteiger partial charge on any atom is -0.395 e. The molecule has 188 valence electrons. The van der Waals surface area contributed by atoms with Crippen molar-refractivity contribution in [2.75, 3.05) is 11.4 Å². The highest BCUT2D eigenvalue weighted by molar-refractivity contribution is 5.61. The maximum atomic E-state index is 14.2. The van der Waals surface area contributed by atoms with Crippen LogP contribution in [0.1, 0.15) is 18.4 Å². The lowest BCUT2D eigenvalue weighted by atomic mass is 9.89. The second-order valence-corrected chi connectivity index (χ2v) is 9.55. The summed E-state index contributed by atoms with van der Waals surface area (Å²) < 4.78 is 77.5. The molecule has 2 N–H and O–H groups in total. The summed E-state index contributed by atoms with van der Waals surface area (Å²) in [5.41, 5.74) is 6.70. The van der Waals surface area contributed by atoms with Gasteiger partial charge in [-0.25, -0.2) is 13.2 Å². The number of hydrogen-bond donors (Lipinski definition) is 1. The maximum Gasteiger partial charge on any atom is 0.586 e. The number of fused-ring (bicyclic) bond motifs is 2. The zero-order valence-corrected chi connectivity index (χ0v) is 18.8. The standard InChI is InChI=1S/C25H21F5N4O2/c26-14-8-17(24(28)18(27)9-14)19-2-4-23(33-32-19)34-11-13-7-15(31)10-16(13)20(34)5-12-1-3-21-22(6-12)36-25(29,30)35-21/h1-4,6,8-9,13,15-16,20H,5,7,10-11,31H2/t13-,15+,16+,20+/m1/s1. The van der Waals surface area contributed by atoms with Crippen molar-refractivity contribution in [3.8, 4) is 22.8 Å². The second kappa shape index (κ2) is 8.29. The molecule has 11 heteroatoms. The Morgan fingerprint density at radius 2 is 1.78 bits per heavy atom. The van der Waals surface area contributed by atoms with Gasteiger partial charge in [0, 0.05) is 30.3 Å². The van der Waals surface area contributed by atoms with Crippen molar-refractivity contribution in [3.63, 3.8) is 0 Å². The smallest absolute Gasteiger partial charge is 0.395 e. The molecule has 3 aliphatic rings. The predicted octanol–water partition coefficient (Wildman–Crippen LogP) is 4.67. The van der Waals surface area contributed by atoms with E-state index in [0.717, 1.165) is 24.5 Å². The van der Waals surface area contributed by atoms with Crippen LogP contribution in [0.4, 0.5) is 27.8 Å². The molecule has 2 fully saturated rings. The number of halogens is 5. The van der Waals surface area contributed by atoms with Gasteiger partial charge in [0.2, 0.25) is 0 Å². The minimum atomic E-state index is -3.69.